The third kappa shape index (κ3) is 5.98. The van der Waals surface area contributed by atoms with Crippen molar-refractivity contribution in [1.82, 2.24) is 15.1 Å². The van der Waals surface area contributed by atoms with Crippen molar-refractivity contribution in [3.63, 3.8) is 0 Å². The number of nitrogens with zero attached hydrogens (tertiary/aromatic N) is 2. The van der Waals surface area contributed by atoms with Crippen LogP contribution in [0, 0.1) is 5.41 Å². The van der Waals surface area contributed by atoms with Crippen LogP contribution in [0.5, 0.6) is 0 Å². The fourth-order valence-electron chi connectivity index (χ4n) is 3.05. The number of carboxylic acids is 1. The summed E-state index contributed by atoms with van der Waals surface area (Å²) in [4.78, 5) is 37.1. The second-order valence-corrected chi connectivity index (χ2v) is 8.92. The average Bonchev–Trinajstić information content (AvgIpc) is 3.17. The zero-order valence-corrected chi connectivity index (χ0v) is 19.3. The van der Waals surface area contributed by atoms with Gasteiger partial charge in [-0.1, -0.05) is 68.8 Å². The minimum absolute atomic E-state index is 0.0190. The molecule has 1 aromatic heterocycles. The predicted molar refractivity (Wildman–Crippen MR) is 126 cm³/mol. The number of aliphatic carboxylic acids is 1. The van der Waals surface area contributed by atoms with E-state index in [4.69, 9.17) is 11.6 Å². The molecule has 0 aliphatic carbocycles. The zero-order chi connectivity index (χ0) is 24.2. The summed E-state index contributed by atoms with van der Waals surface area (Å²) in [5, 5.41) is 19.6. The van der Waals surface area contributed by atoms with Gasteiger partial charge in [0.1, 0.15) is 5.82 Å². The second kappa shape index (κ2) is 9.87. The maximum Gasteiger partial charge on any atom is 0.305 e. The molecule has 0 saturated heterocycles. The number of carbonyl (C=O) groups excluding carboxylic acids is 2. The van der Waals surface area contributed by atoms with Crippen molar-refractivity contribution in [1.29, 1.82) is 0 Å². The largest absolute Gasteiger partial charge is 0.481 e. The number of nitrogens with one attached hydrogen (secondary N) is 2. The van der Waals surface area contributed by atoms with Crippen LogP contribution >= 0.6 is 11.6 Å². The zero-order valence-electron chi connectivity index (χ0n) is 18.5. The Morgan fingerprint density at radius 2 is 1.70 bits per heavy atom. The molecule has 0 unspecified atom stereocenters. The molecular formula is C24H25ClN4O4. The molecule has 0 aliphatic heterocycles. The highest BCUT2D eigenvalue weighted by atomic mass is 35.5. The third-order valence-electron chi connectivity index (χ3n) is 4.83. The van der Waals surface area contributed by atoms with Crippen molar-refractivity contribution < 1.29 is 19.5 Å². The van der Waals surface area contributed by atoms with Gasteiger partial charge in [-0.15, -0.1) is 0 Å². The Hall–Kier alpha value is -3.65. The van der Waals surface area contributed by atoms with E-state index in [1.54, 1.807) is 57.2 Å². The molecule has 3 aromatic rings. The van der Waals surface area contributed by atoms with E-state index >= 15 is 0 Å². The van der Waals surface area contributed by atoms with Crippen molar-refractivity contribution in [2.24, 2.45) is 5.41 Å². The lowest BCUT2D eigenvalue weighted by Crippen LogP contribution is -2.30. The summed E-state index contributed by atoms with van der Waals surface area (Å²) in [6, 6.07) is 16.4. The standard InChI is InChI=1S/C24H25ClN4O4/c1-24(2,3)23(33)27-20-13-19(28-29(20)15-9-5-4-6-10-15)22(32)26-18(14-21(30)31)16-11-7-8-12-17(16)25/h4-13,18H,14H2,1-3H3,(H,26,32)(H,27,33)(H,30,31)/t18-/m0/s1. The average molecular weight is 469 g/mol. The Morgan fingerprint density at radius 1 is 1.06 bits per heavy atom. The Balaban J connectivity index is 1.95. The van der Waals surface area contributed by atoms with Crippen LogP contribution in [0.15, 0.2) is 60.7 Å². The monoisotopic (exact) mass is 468 g/mol. The van der Waals surface area contributed by atoms with Crippen LogP contribution in [-0.2, 0) is 9.59 Å². The van der Waals surface area contributed by atoms with E-state index in [-0.39, 0.29) is 18.0 Å². The van der Waals surface area contributed by atoms with Crippen molar-refractivity contribution in [3.8, 4) is 5.69 Å². The lowest BCUT2D eigenvalue weighted by Gasteiger charge is -2.18. The van der Waals surface area contributed by atoms with Crippen molar-refractivity contribution in [2.45, 2.75) is 33.2 Å². The summed E-state index contributed by atoms with van der Waals surface area (Å²) < 4.78 is 1.46. The number of amides is 2. The highest BCUT2D eigenvalue weighted by Gasteiger charge is 2.26. The quantitative estimate of drug-likeness (QED) is 0.474. The number of carbonyl (C=O) groups is 3. The maximum absolute atomic E-state index is 13.1. The van der Waals surface area contributed by atoms with Gasteiger partial charge in [0.2, 0.25) is 5.91 Å². The Bertz CT molecular complexity index is 1170. The maximum atomic E-state index is 13.1. The molecule has 2 aromatic carbocycles. The fourth-order valence-corrected chi connectivity index (χ4v) is 3.32. The van der Waals surface area contributed by atoms with Gasteiger partial charge in [-0.3, -0.25) is 14.4 Å². The summed E-state index contributed by atoms with van der Waals surface area (Å²) in [7, 11) is 0. The fraction of sp³-hybridized carbons (Fsp3) is 0.250. The van der Waals surface area contributed by atoms with E-state index in [2.05, 4.69) is 15.7 Å². The molecule has 0 spiro atoms. The number of hydrogen-bond donors (Lipinski definition) is 3. The molecule has 8 nitrogen and oxygen atoms in total. The minimum atomic E-state index is -1.09. The summed E-state index contributed by atoms with van der Waals surface area (Å²) in [6.07, 6.45) is -0.359. The highest BCUT2D eigenvalue weighted by Crippen LogP contribution is 2.26. The molecule has 0 radical (unpaired) electrons. The Morgan fingerprint density at radius 3 is 2.30 bits per heavy atom. The van der Waals surface area contributed by atoms with Crippen LogP contribution in [0.1, 0.15) is 49.3 Å². The summed E-state index contributed by atoms with van der Waals surface area (Å²) in [6.45, 7) is 5.33. The molecule has 33 heavy (non-hydrogen) atoms. The molecule has 0 saturated carbocycles. The number of benzene rings is 2. The molecule has 1 atom stereocenters. The summed E-state index contributed by atoms with van der Waals surface area (Å²) in [5.41, 5.74) is 0.489. The SMILES string of the molecule is CC(C)(C)C(=O)Nc1cc(C(=O)N[C@@H](CC(=O)O)c2ccccc2Cl)nn1-c1ccccc1. The van der Waals surface area contributed by atoms with E-state index in [0.29, 0.717) is 22.1 Å². The van der Waals surface area contributed by atoms with Gasteiger partial charge in [-0.05, 0) is 23.8 Å². The predicted octanol–water partition coefficient (Wildman–Crippen LogP) is 4.46. The number of halogens is 1. The Kier molecular flexibility index (Phi) is 7.18. The van der Waals surface area contributed by atoms with Crippen LogP contribution in [-0.4, -0.2) is 32.7 Å². The molecule has 0 aliphatic rings. The van der Waals surface area contributed by atoms with Crippen molar-refractivity contribution >= 4 is 35.2 Å². The van der Waals surface area contributed by atoms with Crippen LogP contribution in [0.25, 0.3) is 5.69 Å². The van der Waals surface area contributed by atoms with Gasteiger partial charge in [-0.25, -0.2) is 4.68 Å². The Labute approximate surface area is 196 Å². The lowest BCUT2D eigenvalue weighted by molar-refractivity contribution is -0.137. The van der Waals surface area contributed by atoms with Gasteiger partial charge in [0, 0.05) is 16.5 Å². The molecule has 0 bridgehead atoms. The summed E-state index contributed by atoms with van der Waals surface area (Å²) >= 11 is 6.23. The van der Waals surface area contributed by atoms with Crippen LogP contribution in [0.3, 0.4) is 0 Å². The van der Waals surface area contributed by atoms with Crippen molar-refractivity contribution in [3.05, 3.63) is 76.9 Å². The number of anilines is 1. The van der Waals surface area contributed by atoms with E-state index < -0.39 is 23.3 Å². The smallest absolute Gasteiger partial charge is 0.305 e. The molecule has 9 heteroatoms. The molecule has 3 N–H and O–H groups in total. The number of rotatable bonds is 7. The van der Waals surface area contributed by atoms with Crippen molar-refractivity contribution in [2.75, 3.05) is 5.32 Å². The van der Waals surface area contributed by atoms with Crippen LogP contribution < -0.4 is 10.6 Å². The first-order valence-corrected chi connectivity index (χ1v) is 10.7. The van der Waals surface area contributed by atoms with Crippen LogP contribution in [0.4, 0.5) is 5.82 Å². The van der Waals surface area contributed by atoms with Gasteiger partial charge >= 0.3 is 5.97 Å². The van der Waals surface area contributed by atoms with Gasteiger partial charge in [0.05, 0.1) is 18.2 Å². The van der Waals surface area contributed by atoms with Gasteiger partial charge in [0.15, 0.2) is 5.69 Å². The normalized spacial score (nSPS) is 12.1. The van der Waals surface area contributed by atoms with E-state index in [1.165, 1.54) is 10.7 Å². The van der Waals surface area contributed by atoms with E-state index in [9.17, 15) is 19.5 Å². The molecule has 0 fully saturated rings. The molecule has 3 rings (SSSR count). The summed E-state index contributed by atoms with van der Waals surface area (Å²) in [5.74, 6) is -1.61. The third-order valence-corrected chi connectivity index (χ3v) is 5.17. The molecule has 2 amide bonds. The first-order chi connectivity index (χ1) is 15.6. The minimum Gasteiger partial charge on any atom is -0.481 e. The van der Waals surface area contributed by atoms with Gasteiger partial charge in [-0.2, -0.15) is 5.10 Å². The molecular weight excluding hydrogens is 444 g/mol. The number of para-hydroxylation sites is 1. The topological polar surface area (TPSA) is 113 Å². The van der Waals surface area contributed by atoms with E-state index in [1.807, 2.05) is 18.2 Å². The van der Waals surface area contributed by atoms with Gasteiger partial charge < -0.3 is 15.7 Å². The lowest BCUT2D eigenvalue weighted by atomic mass is 9.96. The first-order valence-electron chi connectivity index (χ1n) is 10.3. The highest BCUT2D eigenvalue weighted by molar-refractivity contribution is 6.31. The number of hydrogen-bond acceptors (Lipinski definition) is 4. The molecule has 1 heterocycles. The first kappa shape index (κ1) is 24.0. The second-order valence-electron chi connectivity index (χ2n) is 8.51. The van der Waals surface area contributed by atoms with Crippen LogP contribution in [0.2, 0.25) is 5.02 Å². The van der Waals surface area contributed by atoms with E-state index in [0.717, 1.165) is 0 Å². The number of aromatic nitrogens is 2. The number of carboxylic acid groups (broad SMARTS) is 1. The van der Waals surface area contributed by atoms with Gasteiger partial charge in [0.25, 0.3) is 5.91 Å². The molecule has 172 valence electrons.